The van der Waals surface area contributed by atoms with E-state index in [0.29, 0.717) is 42.9 Å². The standard InChI is InChI=1S/C24H28ClN3O2/c1-17(2)28-23(30)21(16-18-8-4-3-5-9-18)26-24(28)12-14-27(15-13-24)22(29)19-10-6-7-11-20(19)25/h3-11,17,21,26H,12-16H2,1-2H3/t21-/m0/s1. The van der Waals surface area contributed by atoms with Crippen LogP contribution < -0.4 is 5.32 Å². The number of rotatable bonds is 4. The van der Waals surface area contributed by atoms with E-state index in [2.05, 4.69) is 31.3 Å². The van der Waals surface area contributed by atoms with Crippen LogP contribution in [0, 0.1) is 0 Å². The molecule has 5 nitrogen and oxygen atoms in total. The van der Waals surface area contributed by atoms with Crippen molar-refractivity contribution in [2.45, 2.75) is 50.9 Å². The second-order valence-electron chi connectivity index (χ2n) is 8.49. The topological polar surface area (TPSA) is 52.7 Å². The Morgan fingerprint density at radius 2 is 1.73 bits per heavy atom. The summed E-state index contributed by atoms with van der Waals surface area (Å²) in [7, 11) is 0. The predicted molar refractivity (Wildman–Crippen MR) is 118 cm³/mol. The molecular weight excluding hydrogens is 398 g/mol. The number of likely N-dealkylation sites (tertiary alicyclic amines) is 1. The van der Waals surface area contributed by atoms with Crippen molar-refractivity contribution < 1.29 is 9.59 Å². The molecular formula is C24H28ClN3O2. The van der Waals surface area contributed by atoms with Crippen LogP contribution in [0.3, 0.4) is 0 Å². The van der Waals surface area contributed by atoms with Gasteiger partial charge in [-0.15, -0.1) is 0 Å². The van der Waals surface area contributed by atoms with Crippen molar-refractivity contribution in [2.75, 3.05) is 13.1 Å². The Bertz CT molecular complexity index is 923. The molecule has 30 heavy (non-hydrogen) atoms. The Hall–Kier alpha value is -2.37. The summed E-state index contributed by atoms with van der Waals surface area (Å²) < 4.78 is 0. The average Bonchev–Trinajstić information content (AvgIpc) is 3.00. The molecule has 158 valence electrons. The van der Waals surface area contributed by atoms with Crippen molar-refractivity contribution in [3.63, 3.8) is 0 Å². The van der Waals surface area contributed by atoms with Crippen LogP contribution in [-0.2, 0) is 11.2 Å². The highest BCUT2D eigenvalue weighted by Crippen LogP contribution is 2.35. The van der Waals surface area contributed by atoms with Crippen LogP contribution in [0.1, 0.15) is 42.6 Å². The van der Waals surface area contributed by atoms with Gasteiger partial charge < -0.3 is 9.80 Å². The van der Waals surface area contributed by atoms with Crippen molar-refractivity contribution in [2.24, 2.45) is 0 Å². The van der Waals surface area contributed by atoms with E-state index in [-0.39, 0.29) is 23.9 Å². The number of benzene rings is 2. The van der Waals surface area contributed by atoms with Crippen LogP contribution in [0.15, 0.2) is 54.6 Å². The highest BCUT2D eigenvalue weighted by atomic mass is 35.5. The summed E-state index contributed by atoms with van der Waals surface area (Å²) >= 11 is 6.23. The van der Waals surface area contributed by atoms with Gasteiger partial charge in [-0.1, -0.05) is 54.1 Å². The summed E-state index contributed by atoms with van der Waals surface area (Å²) in [6, 6.07) is 17.1. The van der Waals surface area contributed by atoms with E-state index in [1.165, 1.54) is 0 Å². The van der Waals surface area contributed by atoms with Gasteiger partial charge >= 0.3 is 0 Å². The first-order chi connectivity index (χ1) is 14.4. The zero-order valence-electron chi connectivity index (χ0n) is 17.5. The highest BCUT2D eigenvalue weighted by Gasteiger charge is 2.52. The lowest BCUT2D eigenvalue weighted by molar-refractivity contribution is -0.135. The first-order valence-electron chi connectivity index (χ1n) is 10.6. The lowest BCUT2D eigenvalue weighted by Crippen LogP contribution is -2.61. The minimum atomic E-state index is -0.401. The summed E-state index contributed by atoms with van der Waals surface area (Å²) in [5.74, 6) is 0.108. The summed E-state index contributed by atoms with van der Waals surface area (Å²) in [6.07, 6.45) is 2.09. The van der Waals surface area contributed by atoms with Gasteiger partial charge in [0.2, 0.25) is 5.91 Å². The molecule has 2 heterocycles. The molecule has 0 aliphatic carbocycles. The van der Waals surface area contributed by atoms with Gasteiger partial charge in [-0.05, 0) is 38.0 Å². The van der Waals surface area contributed by atoms with Gasteiger partial charge in [-0.3, -0.25) is 14.9 Å². The molecule has 0 radical (unpaired) electrons. The number of hydrogen-bond acceptors (Lipinski definition) is 3. The summed E-state index contributed by atoms with van der Waals surface area (Å²) in [6.45, 7) is 5.30. The highest BCUT2D eigenvalue weighted by molar-refractivity contribution is 6.33. The third kappa shape index (κ3) is 3.84. The third-order valence-corrected chi connectivity index (χ3v) is 6.55. The fraction of sp³-hybridized carbons (Fsp3) is 0.417. The van der Waals surface area contributed by atoms with Crippen molar-refractivity contribution >= 4 is 23.4 Å². The second-order valence-corrected chi connectivity index (χ2v) is 8.90. The van der Waals surface area contributed by atoms with Crippen molar-refractivity contribution in [1.82, 2.24) is 15.1 Å². The van der Waals surface area contributed by atoms with Gasteiger partial charge in [0.05, 0.1) is 22.3 Å². The molecule has 2 aliphatic rings. The Balaban J connectivity index is 1.50. The molecule has 6 heteroatoms. The number of piperidine rings is 1. The van der Waals surface area contributed by atoms with E-state index in [1.54, 1.807) is 12.1 Å². The lowest BCUT2D eigenvalue weighted by Gasteiger charge is -2.46. The number of nitrogens with zero attached hydrogens (tertiary/aromatic N) is 2. The molecule has 0 bridgehead atoms. The average molecular weight is 426 g/mol. The minimum absolute atomic E-state index is 0.0447. The lowest BCUT2D eigenvalue weighted by atomic mass is 9.94. The molecule has 0 aromatic heterocycles. The molecule has 1 atom stereocenters. The van der Waals surface area contributed by atoms with Crippen LogP contribution >= 0.6 is 11.6 Å². The SMILES string of the molecule is CC(C)N1C(=O)[C@H](Cc2ccccc2)NC12CCN(C(=O)c1ccccc1Cl)CC2. The number of carbonyl (C=O) groups is 2. The molecule has 2 fully saturated rings. The van der Waals surface area contributed by atoms with Crippen LogP contribution in [0.2, 0.25) is 5.02 Å². The molecule has 0 unspecified atom stereocenters. The van der Waals surface area contributed by atoms with Crippen molar-refractivity contribution in [1.29, 1.82) is 0 Å². The Kier molecular flexibility index (Phi) is 5.85. The van der Waals surface area contributed by atoms with E-state index in [1.807, 2.05) is 40.1 Å². The number of hydrogen-bond donors (Lipinski definition) is 1. The molecule has 1 N–H and O–H groups in total. The van der Waals surface area contributed by atoms with Crippen LogP contribution in [0.25, 0.3) is 0 Å². The molecule has 2 amide bonds. The predicted octanol–water partition coefficient (Wildman–Crippen LogP) is 3.72. The number of carbonyl (C=O) groups excluding carboxylic acids is 2. The largest absolute Gasteiger partial charge is 0.338 e. The van der Waals surface area contributed by atoms with Crippen molar-refractivity contribution in [3.8, 4) is 0 Å². The quantitative estimate of drug-likeness (QED) is 0.812. The minimum Gasteiger partial charge on any atom is -0.338 e. The van der Waals surface area contributed by atoms with Crippen molar-refractivity contribution in [3.05, 3.63) is 70.7 Å². The van der Waals surface area contributed by atoms with Gasteiger partial charge in [0.1, 0.15) is 0 Å². The first kappa shape index (κ1) is 20.9. The number of amides is 2. The van der Waals surface area contributed by atoms with Gasteiger partial charge in [0, 0.05) is 32.0 Å². The summed E-state index contributed by atoms with van der Waals surface area (Å²) in [4.78, 5) is 30.1. The smallest absolute Gasteiger partial charge is 0.255 e. The maximum Gasteiger partial charge on any atom is 0.255 e. The summed E-state index contributed by atoms with van der Waals surface area (Å²) in [5, 5.41) is 4.13. The monoisotopic (exact) mass is 425 g/mol. The van der Waals surface area contributed by atoms with Crippen LogP contribution in [-0.4, -0.2) is 52.5 Å². The number of halogens is 1. The molecule has 4 rings (SSSR count). The molecule has 2 aliphatic heterocycles. The zero-order chi connectivity index (χ0) is 21.3. The molecule has 2 saturated heterocycles. The number of nitrogens with one attached hydrogen (secondary N) is 1. The van der Waals surface area contributed by atoms with E-state index >= 15 is 0 Å². The van der Waals surface area contributed by atoms with Gasteiger partial charge in [-0.2, -0.15) is 0 Å². The van der Waals surface area contributed by atoms with E-state index in [0.717, 1.165) is 5.56 Å². The first-order valence-corrected chi connectivity index (χ1v) is 11.0. The second kappa shape index (κ2) is 8.40. The van der Waals surface area contributed by atoms with E-state index in [9.17, 15) is 9.59 Å². The Labute approximate surface area is 183 Å². The molecule has 2 aromatic carbocycles. The molecule has 2 aromatic rings. The van der Waals surface area contributed by atoms with Crippen LogP contribution in [0.4, 0.5) is 0 Å². The normalized spacial score (nSPS) is 20.9. The maximum absolute atomic E-state index is 13.3. The van der Waals surface area contributed by atoms with Gasteiger partial charge in [0.15, 0.2) is 0 Å². The van der Waals surface area contributed by atoms with Crippen LogP contribution in [0.5, 0.6) is 0 Å². The van der Waals surface area contributed by atoms with Gasteiger partial charge in [-0.25, -0.2) is 0 Å². The molecule has 1 spiro atoms. The Morgan fingerprint density at radius 3 is 2.37 bits per heavy atom. The fourth-order valence-corrected chi connectivity index (χ4v) is 5.06. The third-order valence-electron chi connectivity index (χ3n) is 6.22. The maximum atomic E-state index is 13.3. The van der Waals surface area contributed by atoms with E-state index in [4.69, 9.17) is 11.6 Å². The zero-order valence-corrected chi connectivity index (χ0v) is 18.2. The van der Waals surface area contributed by atoms with E-state index < -0.39 is 5.66 Å². The van der Waals surface area contributed by atoms with Gasteiger partial charge in [0.25, 0.3) is 5.91 Å². The Morgan fingerprint density at radius 1 is 1.10 bits per heavy atom. The molecule has 0 saturated carbocycles. The fourth-order valence-electron chi connectivity index (χ4n) is 4.84. The summed E-state index contributed by atoms with van der Waals surface area (Å²) in [5.41, 5.74) is 1.28.